The number of carbonyl (C=O) groups excluding carboxylic acids is 2. The second-order valence-electron chi connectivity index (χ2n) is 10.3. The number of aliphatic hydroxyl groups is 1. The minimum absolute atomic E-state index is 0.0300. The fourth-order valence-electron chi connectivity index (χ4n) is 6.05. The Balaban J connectivity index is 1.82. The molecule has 32 heavy (non-hydrogen) atoms. The Bertz CT molecular complexity index is 837. The molecule has 2 amide bonds. The van der Waals surface area contributed by atoms with Gasteiger partial charge in [-0.3, -0.25) is 9.59 Å². The van der Waals surface area contributed by atoms with Crippen molar-refractivity contribution in [2.45, 2.75) is 65.9 Å². The lowest BCUT2D eigenvalue weighted by molar-refractivity contribution is -0.144. The molecule has 1 fully saturated rings. The largest absolute Gasteiger partial charge is 0.392 e. The average Bonchev–Trinajstić information content (AvgIpc) is 3.09. The van der Waals surface area contributed by atoms with E-state index in [1.54, 1.807) is 11.3 Å². The summed E-state index contributed by atoms with van der Waals surface area (Å²) in [6, 6.07) is 0. The topological polar surface area (TPSA) is 85.8 Å². The van der Waals surface area contributed by atoms with Crippen molar-refractivity contribution in [2.75, 3.05) is 39.0 Å². The molecular formula is C24H40N4O3S. The van der Waals surface area contributed by atoms with Crippen molar-refractivity contribution < 1.29 is 14.7 Å². The number of aliphatic hydroxyl groups excluding tert-OH is 1. The van der Waals surface area contributed by atoms with Crippen LogP contribution >= 0.6 is 11.3 Å². The van der Waals surface area contributed by atoms with Crippen LogP contribution in [0.25, 0.3) is 0 Å². The molecule has 0 saturated heterocycles. The number of aromatic nitrogens is 1. The molecule has 8 heteroatoms. The van der Waals surface area contributed by atoms with Crippen LogP contribution in [0.15, 0.2) is 0 Å². The van der Waals surface area contributed by atoms with E-state index in [0.717, 1.165) is 25.0 Å². The summed E-state index contributed by atoms with van der Waals surface area (Å²) in [6.07, 6.45) is 2.16. The maximum Gasteiger partial charge on any atom is 0.240 e. The molecule has 2 N–H and O–H groups in total. The number of thiazole rings is 1. The van der Waals surface area contributed by atoms with Gasteiger partial charge >= 0.3 is 0 Å². The molecule has 7 nitrogen and oxygen atoms in total. The third-order valence-electron chi connectivity index (χ3n) is 7.74. The molecular weight excluding hydrogens is 424 g/mol. The van der Waals surface area contributed by atoms with Crippen LogP contribution < -0.4 is 5.32 Å². The minimum atomic E-state index is -0.542. The van der Waals surface area contributed by atoms with E-state index < -0.39 is 6.10 Å². The van der Waals surface area contributed by atoms with Crippen LogP contribution in [-0.4, -0.2) is 71.5 Å². The number of nitrogens with zero attached hydrogens (tertiary/aromatic N) is 3. The van der Waals surface area contributed by atoms with Gasteiger partial charge in [0.1, 0.15) is 0 Å². The van der Waals surface area contributed by atoms with Crippen molar-refractivity contribution in [3.05, 3.63) is 10.6 Å². The van der Waals surface area contributed by atoms with Gasteiger partial charge in [-0.05, 0) is 64.5 Å². The van der Waals surface area contributed by atoms with Gasteiger partial charge in [0, 0.05) is 29.8 Å². The summed E-state index contributed by atoms with van der Waals surface area (Å²) < 4.78 is 0. The van der Waals surface area contributed by atoms with Crippen LogP contribution in [-0.2, 0) is 16.0 Å². The zero-order chi connectivity index (χ0) is 23.8. The first kappa shape index (κ1) is 25.1. The van der Waals surface area contributed by atoms with Crippen LogP contribution in [0.5, 0.6) is 0 Å². The number of likely N-dealkylation sites (N-methyl/N-ethyl adjacent to an activating group) is 1. The Morgan fingerprint density at radius 1 is 1.31 bits per heavy atom. The van der Waals surface area contributed by atoms with Crippen molar-refractivity contribution in [3.8, 4) is 0 Å². The SMILES string of the molecule is CCN(CC)C(=O)C(C)C1CCC2(C)Cc3sc(NC(=O)CN(C)C)nc3C(C)C2C1O. The maximum atomic E-state index is 13.0. The average molecular weight is 465 g/mol. The van der Waals surface area contributed by atoms with Gasteiger partial charge in [-0.1, -0.05) is 20.8 Å². The predicted octanol–water partition coefficient (Wildman–Crippen LogP) is 3.20. The van der Waals surface area contributed by atoms with E-state index in [9.17, 15) is 14.7 Å². The molecule has 0 spiro atoms. The normalized spacial score (nSPS) is 30.4. The summed E-state index contributed by atoms with van der Waals surface area (Å²) in [7, 11) is 3.73. The summed E-state index contributed by atoms with van der Waals surface area (Å²) in [5, 5.41) is 15.1. The molecule has 0 aliphatic heterocycles. The van der Waals surface area contributed by atoms with Crippen molar-refractivity contribution in [1.29, 1.82) is 0 Å². The monoisotopic (exact) mass is 464 g/mol. The lowest BCUT2D eigenvalue weighted by atomic mass is 9.53. The molecule has 2 aliphatic carbocycles. The lowest BCUT2D eigenvalue weighted by Gasteiger charge is -2.53. The predicted molar refractivity (Wildman–Crippen MR) is 129 cm³/mol. The van der Waals surface area contributed by atoms with E-state index in [4.69, 9.17) is 4.98 Å². The Hall–Kier alpha value is -1.51. The Kier molecular flexibility index (Phi) is 7.67. The van der Waals surface area contributed by atoms with Gasteiger partial charge in [0.25, 0.3) is 0 Å². The summed E-state index contributed by atoms with van der Waals surface area (Å²) in [5.74, 6) is -0.0313. The first-order chi connectivity index (χ1) is 15.0. The van der Waals surface area contributed by atoms with E-state index in [1.807, 2.05) is 44.7 Å². The Morgan fingerprint density at radius 3 is 2.56 bits per heavy atom. The highest BCUT2D eigenvalue weighted by Gasteiger charge is 2.54. The van der Waals surface area contributed by atoms with E-state index in [-0.39, 0.29) is 40.9 Å². The van der Waals surface area contributed by atoms with E-state index in [1.165, 1.54) is 4.88 Å². The summed E-state index contributed by atoms with van der Waals surface area (Å²) in [5.41, 5.74) is 0.970. The van der Waals surface area contributed by atoms with Crippen molar-refractivity contribution >= 4 is 28.3 Å². The first-order valence-corrected chi connectivity index (χ1v) is 12.7. The third-order valence-corrected chi connectivity index (χ3v) is 8.72. The van der Waals surface area contributed by atoms with Gasteiger partial charge in [-0.15, -0.1) is 11.3 Å². The van der Waals surface area contributed by atoms with Crippen LogP contribution in [0.2, 0.25) is 0 Å². The molecule has 6 atom stereocenters. The van der Waals surface area contributed by atoms with Crippen LogP contribution in [0.1, 0.15) is 63.9 Å². The Morgan fingerprint density at radius 2 is 1.97 bits per heavy atom. The maximum absolute atomic E-state index is 13.0. The number of amides is 2. The van der Waals surface area contributed by atoms with Crippen LogP contribution in [0, 0.1) is 23.2 Å². The zero-order valence-electron chi connectivity index (χ0n) is 20.6. The molecule has 0 aromatic carbocycles. The molecule has 1 saturated carbocycles. The van der Waals surface area contributed by atoms with Gasteiger partial charge in [0.05, 0.1) is 18.3 Å². The van der Waals surface area contributed by atoms with Gasteiger partial charge < -0.3 is 20.2 Å². The number of carbonyl (C=O) groups is 2. The summed E-state index contributed by atoms with van der Waals surface area (Å²) in [6.45, 7) is 12.1. The fraction of sp³-hybridized carbons (Fsp3) is 0.792. The zero-order valence-corrected chi connectivity index (χ0v) is 21.5. The van der Waals surface area contributed by atoms with Crippen LogP contribution in [0.4, 0.5) is 5.13 Å². The molecule has 180 valence electrons. The lowest BCUT2D eigenvalue weighted by Crippen LogP contribution is -2.53. The second kappa shape index (κ2) is 9.77. The molecule has 1 aromatic rings. The summed E-state index contributed by atoms with van der Waals surface area (Å²) >= 11 is 1.57. The molecule has 1 heterocycles. The minimum Gasteiger partial charge on any atom is -0.392 e. The molecule has 2 aliphatic rings. The number of rotatable bonds is 7. The number of hydrogen-bond donors (Lipinski definition) is 2. The Labute approximate surface area is 196 Å². The number of anilines is 1. The van der Waals surface area contributed by atoms with Gasteiger partial charge in [0.2, 0.25) is 11.8 Å². The van der Waals surface area contributed by atoms with Crippen molar-refractivity contribution in [2.24, 2.45) is 23.2 Å². The third kappa shape index (κ3) is 4.73. The van der Waals surface area contributed by atoms with Gasteiger partial charge in [-0.2, -0.15) is 0 Å². The van der Waals surface area contributed by atoms with Crippen molar-refractivity contribution in [3.63, 3.8) is 0 Å². The smallest absolute Gasteiger partial charge is 0.240 e. The first-order valence-electron chi connectivity index (χ1n) is 11.9. The van der Waals surface area contributed by atoms with E-state index in [0.29, 0.717) is 24.8 Å². The van der Waals surface area contributed by atoms with Crippen LogP contribution in [0.3, 0.4) is 0 Å². The molecule has 0 bridgehead atoms. The highest BCUT2D eigenvalue weighted by Crippen LogP contribution is 2.57. The van der Waals surface area contributed by atoms with E-state index >= 15 is 0 Å². The molecule has 0 radical (unpaired) electrons. The number of nitrogens with one attached hydrogen (secondary N) is 1. The highest BCUT2D eigenvalue weighted by atomic mass is 32.1. The molecule has 3 rings (SSSR count). The fourth-order valence-corrected chi connectivity index (χ4v) is 7.33. The molecule has 6 unspecified atom stereocenters. The quantitative estimate of drug-likeness (QED) is 0.647. The van der Waals surface area contributed by atoms with Gasteiger partial charge in [0.15, 0.2) is 5.13 Å². The number of fused-ring (bicyclic) bond motifs is 2. The molecule has 1 aromatic heterocycles. The number of hydrogen-bond acceptors (Lipinski definition) is 6. The highest BCUT2D eigenvalue weighted by molar-refractivity contribution is 7.15. The van der Waals surface area contributed by atoms with Gasteiger partial charge in [-0.25, -0.2) is 4.98 Å². The van der Waals surface area contributed by atoms with Crippen molar-refractivity contribution in [1.82, 2.24) is 14.8 Å². The van der Waals surface area contributed by atoms with E-state index in [2.05, 4.69) is 19.2 Å². The summed E-state index contributed by atoms with van der Waals surface area (Å²) in [4.78, 5) is 34.9. The standard InChI is InChI=1S/C24H40N4O3S/c1-8-28(9-2)22(31)14(3)16-10-11-24(5)12-17-20(15(4)19(24)21(16)30)26-23(32-17)25-18(29)13-27(6)7/h14-16,19,21,30H,8-13H2,1-7H3,(H,25,26,29). The second-order valence-corrected chi connectivity index (χ2v) is 11.3.